The summed E-state index contributed by atoms with van der Waals surface area (Å²) in [5.41, 5.74) is 0. The summed E-state index contributed by atoms with van der Waals surface area (Å²) in [7, 11) is 1.89. The maximum absolute atomic E-state index is 11.6. The number of nitrogens with one attached hydrogen (secondary N) is 1. The quantitative estimate of drug-likeness (QED) is 0.639. The predicted octanol–water partition coefficient (Wildman–Crippen LogP) is 0.217. The zero-order valence-corrected chi connectivity index (χ0v) is 7.55. The molecule has 1 heterocycles. The van der Waals surface area contributed by atoms with Gasteiger partial charge in [0.25, 0.3) is 0 Å². The normalized spacial score (nSPS) is 30.9. The van der Waals surface area contributed by atoms with E-state index in [0.29, 0.717) is 0 Å². The standard InChI is InChI=1S/C9H16N2O/c1-11-5-4-10-8(9(11)12)6-7-2-3-7/h7-8,10H,2-6H2,1H3/t8-/m1/s1. The summed E-state index contributed by atoms with van der Waals surface area (Å²) >= 11 is 0. The molecule has 0 aromatic rings. The van der Waals surface area contributed by atoms with Crippen molar-refractivity contribution >= 4 is 5.91 Å². The maximum Gasteiger partial charge on any atom is 0.239 e. The molecule has 0 aromatic heterocycles. The topological polar surface area (TPSA) is 32.3 Å². The van der Waals surface area contributed by atoms with Crippen LogP contribution in [-0.2, 0) is 4.79 Å². The minimum absolute atomic E-state index is 0.122. The van der Waals surface area contributed by atoms with Gasteiger partial charge in [-0.2, -0.15) is 0 Å². The smallest absolute Gasteiger partial charge is 0.239 e. The van der Waals surface area contributed by atoms with E-state index in [-0.39, 0.29) is 11.9 Å². The number of piperazine rings is 1. The summed E-state index contributed by atoms with van der Waals surface area (Å²) in [4.78, 5) is 13.4. The van der Waals surface area contributed by atoms with Crippen LogP contribution in [0, 0.1) is 5.92 Å². The molecule has 1 saturated heterocycles. The van der Waals surface area contributed by atoms with E-state index in [1.165, 1.54) is 12.8 Å². The van der Waals surface area contributed by atoms with Crippen LogP contribution >= 0.6 is 0 Å². The number of hydrogen-bond acceptors (Lipinski definition) is 2. The fourth-order valence-corrected chi connectivity index (χ4v) is 1.74. The van der Waals surface area contributed by atoms with Crippen molar-refractivity contribution in [2.45, 2.75) is 25.3 Å². The molecule has 1 N–H and O–H groups in total. The molecule has 68 valence electrons. The summed E-state index contributed by atoms with van der Waals surface area (Å²) in [6.07, 6.45) is 3.72. The molecule has 2 fully saturated rings. The van der Waals surface area contributed by atoms with E-state index in [0.717, 1.165) is 25.4 Å². The molecule has 3 nitrogen and oxygen atoms in total. The van der Waals surface area contributed by atoms with E-state index in [1.54, 1.807) is 0 Å². The molecule has 1 aliphatic carbocycles. The highest BCUT2D eigenvalue weighted by Crippen LogP contribution is 2.34. The molecular formula is C9H16N2O. The van der Waals surface area contributed by atoms with E-state index in [1.807, 2.05) is 11.9 Å². The SMILES string of the molecule is CN1CCN[C@H](CC2CC2)C1=O. The van der Waals surface area contributed by atoms with Crippen molar-refractivity contribution in [3.63, 3.8) is 0 Å². The van der Waals surface area contributed by atoms with Crippen LogP contribution in [0.5, 0.6) is 0 Å². The van der Waals surface area contributed by atoms with Crippen LogP contribution in [0.15, 0.2) is 0 Å². The van der Waals surface area contributed by atoms with Crippen molar-refractivity contribution in [2.24, 2.45) is 5.92 Å². The summed E-state index contributed by atoms with van der Waals surface area (Å²) < 4.78 is 0. The first-order valence-corrected chi connectivity index (χ1v) is 4.76. The first-order chi connectivity index (χ1) is 5.77. The number of likely N-dealkylation sites (N-methyl/N-ethyl adjacent to an activating group) is 1. The Morgan fingerprint density at radius 3 is 3.00 bits per heavy atom. The number of carbonyl (C=O) groups excluding carboxylic acids is 1. The van der Waals surface area contributed by atoms with E-state index >= 15 is 0 Å². The van der Waals surface area contributed by atoms with Crippen LogP contribution < -0.4 is 5.32 Å². The van der Waals surface area contributed by atoms with Crippen LogP contribution in [-0.4, -0.2) is 37.0 Å². The minimum Gasteiger partial charge on any atom is -0.343 e. The number of rotatable bonds is 2. The molecule has 0 radical (unpaired) electrons. The molecule has 0 bridgehead atoms. The van der Waals surface area contributed by atoms with Gasteiger partial charge in [-0.3, -0.25) is 4.79 Å². The zero-order valence-electron chi connectivity index (χ0n) is 7.55. The molecule has 12 heavy (non-hydrogen) atoms. The highest BCUT2D eigenvalue weighted by molar-refractivity contribution is 5.82. The van der Waals surface area contributed by atoms with Crippen molar-refractivity contribution < 1.29 is 4.79 Å². The number of nitrogens with zero attached hydrogens (tertiary/aromatic N) is 1. The molecule has 1 atom stereocenters. The molecule has 0 spiro atoms. The van der Waals surface area contributed by atoms with Crippen molar-refractivity contribution in [2.75, 3.05) is 20.1 Å². The number of amides is 1. The van der Waals surface area contributed by atoms with Gasteiger partial charge in [0.2, 0.25) is 5.91 Å². The fraction of sp³-hybridized carbons (Fsp3) is 0.889. The van der Waals surface area contributed by atoms with E-state index in [4.69, 9.17) is 0 Å². The Morgan fingerprint density at radius 1 is 1.58 bits per heavy atom. The Labute approximate surface area is 73.1 Å². The summed E-state index contributed by atoms with van der Waals surface area (Å²) in [6, 6.07) is 0.122. The molecule has 2 rings (SSSR count). The number of carbonyl (C=O) groups is 1. The minimum atomic E-state index is 0.122. The Bertz CT molecular complexity index is 189. The zero-order chi connectivity index (χ0) is 8.55. The molecule has 1 aliphatic heterocycles. The average molecular weight is 168 g/mol. The van der Waals surface area contributed by atoms with E-state index in [2.05, 4.69) is 5.32 Å². The molecule has 0 aromatic carbocycles. The summed E-state index contributed by atoms with van der Waals surface area (Å²) in [6.45, 7) is 1.82. The average Bonchev–Trinajstić information content (AvgIpc) is 2.83. The van der Waals surface area contributed by atoms with Gasteiger partial charge in [0.1, 0.15) is 0 Å². The van der Waals surface area contributed by atoms with Crippen LogP contribution in [0.2, 0.25) is 0 Å². The first kappa shape index (κ1) is 8.05. The highest BCUT2D eigenvalue weighted by atomic mass is 16.2. The van der Waals surface area contributed by atoms with Gasteiger partial charge >= 0.3 is 0 Å². The van der Waals surface area contributed by atoms with Crippen molar-refractivity contribution in [3.05, 3.63) is 0 Å². The molecule has 2 aliphatic rings. The van der Waals surface area contributed by atoms with Gasteiger partial charge in [-0.1, -0.05) is 12.8 Å². The third kappa shape index (κ3) is 1.61. The van der Waals surface area contributed by atoms with Crippen LogP contribution in [0.25, 0.3) is 0 Å². The Morgan fingerprint density at radius 2 is 2.33 bits per heavy atom. The van der Waals surface area contributed by atoms with Crippen molar-refractivity contribution in [3.8, 4) is 0 Å². The van der Waals surface area contributed by atoms with Crippen LogP contribution in [0.1, 0.15) is 19.3 Å². The molecular weight excluding hydrogens is 152 g/mol. The van der Waals surface area contributed by atoms with Gasteiger partial charge in [0.15, 0.2) is 0 Å². The third-order valence-electron chi connectivity index (χ3n) is 2.78. The lowest BCUT2D eigenvalue weighted by Gasteiger charge is -2.30. The largest absolute Gasteiger partial charge is 0.343 e. The van der Waals surface area contributed by atoms with Gasteiger partial charge in [-0.05, 0) is 12.3 Å². The van der Waals surface area contributed by atoms with E-state index in [9.17, 15) is 4.79 Å². The van der Waals surface area contributed by atoms with E-state index < -0.39 is 0 Å². The van der Waals surface area contributed by atoms with Gasteiger partial charge in [0, 0.05) is 20.1 Å². The Hall–Kier alpha value is -0.570. The second kappa shape index (κ2) is 3.05. The Balaban J connectivity index is 1.89. The first-order valence-electron chi connectivity index (χ1n) is 4.76. The molecule has 1 amide bonds. The predicted molar refractivity (Wildman–Crippen MR) is 46.8 cm³/mol. The highest BCUT2D eigenvalue weighted by Gasteiger charge is 2.32. The lowest BCUT2D eigenvalue weighted by molar-refractivity contribution is -0.134. The summed E-state index contributed by atoms with van der Waals surface area (Å²) in [5, 5.41) is 3.28. The second-order valence-electron chi connectivity index (χ2n) is 3.95. The van der Waals surface area contributed by atoms with Gasteiger partial charge in [0.05, 0.1) is 6.04 Å². The number of hydrogen-bond donors (Lipinski definition) is 1. The molecule has 3 heteroatoms. The van der Waals surface area contributed by atoms with Crippen molar-refractivity contribution in [1.82, 2.24) is 10.2 Å². The fourth-order valence-electron chi connectivity index (χ4n) is 1.74. The van der Waals surface area contributed by atoms with Crippen LogP contribution in [0.3, 0.4) is 0 Å². The molecule has 1 saturated carbocycles. The maximum atomic E-state index is 11.6. The monoisotopic (exact) mass is 168 g/mol. The lowest BCUT2D eigenvalue weighted by atomic mass is 10.1. The molecule has 0 unspecified atom stereocenters. The lowest BCUT2D eigenvalue weighted by Crippen LogP contribution is -2.53. The van der Waals surface area contributed by atoms with Gasteiger partial charge in [-0.15, -0.1) is 0 Å². The van der Waals surface area contributed by atoms with Crippen LogP contribution in [0.4, 0.5) is 0 Å². The third-order valence-corrected chi connectivity index (χ3v) is 2.78. The Kier molecular flexibility index (Phi) is 2.05. The van der Waals surface area contributed by atoms with Gasteiger partial charge < -0.3 is 10.2 Å². The summed E-state index contributed by atoms with van der Waals surface area (Å²) in [5.74, 6) is 1.12. The second-order valence-corrected chi connectivity index (χ2v) is 3.95. The van der Waals surface area contributed by atoms with Crippen molar-refractivity contribution in [1.29, 1.82) is 0 Å². The van der Waals surface area contributed by atoms with Gasteiger partial charge in [-0.25, -0.2) is 0 Å².